The van der Waals surface area contributed by atoms with E-state index in [-0.39, 0.29) is 23.3 Å². The molecule has 1 amide bonds. The van der Waals surface area contributed by atoms with E-state index in [1.807, 2.05) is 4.57 Å². The summed E-state index contributed by atoms with van der Waals surface area (Å²) >= 11 is 1.22. The zero-order valence-electron chi connectivity index (χ0n) is 17.5. The Labute approximate surface area is 184 Å². The van der Waals surface area contributed by atoms with E-state index in [1.165, 1.54) is 36.0 Å². The third kappa shape index (κ3) is 6.27. The Morgan fingerprint density at radius 2 is 1.90 bits per heavy atom. The number of carbonyl (C=O) groups is 1. The molecule has 0 radical (unpaired) electrons. The van der Waals surface area contributed by atoms with Crippen molar-refractivity contribution in [3.8, 4) is 5.75 Å². The Hall–Kier alpha value is -2.94. The van der Waals surface area contributed by atoms with Gasteiger partial charge in [0.05, 0.1) is 5.75 Å². The fourth-order valence-corrected chi connectivity index (χ4v) is 3.68. The number of aromatic nitrogens is 3. The first-order valence-corrected chi connectivity index (χ1v) is 10.8. The maximum Gasteiger partial charge on any atom is 0.234 e. The molecule has 0 fully saturated rings. The van der Waals surface area contributed by atoms with Crippen molar-refractivity contribution in [2.45, 2.75) is 38.6 Å². The average molecular weight is 447 g/mol. The molecule has 0 aliphatic rings. The van der Waals surface area contributed by atoms with E-state index in [4.69, 9.17) is 4.74 Å². The number of para-hydroxylation sites is 1. The molecule has 0 bridgehead atoms. The standard InChI is InChI=1S/C22H24F2N4O2S/c1-14(2)12-28-21(15(3)30-19-10-5-4-9-18(19)24)26-27-22(28)31-13-20(29)25-17-8-6-7-16(23)11-17/h4-11,14-15H,12-13H2,1-3H3,(H,25,29). The second kappa shape index (κ2) is 10.4. The summed E-state index contributed by atoms with van der Waals surface area (Å²) in [6, 6.07) is 11.9. The Morgan fingerprint density at radius 1 is 1.13 bits per heavy atom. The smallest absolute Gasteiger partial charge is 0.234 e. The third-order valence-electron chi connectivity index (χ3n) is 4.24. The van der Waals surface area contributed by atoms with Crippen LogP contribution in [-0.4, -0.2) is 26.4 Å². The van der Waals surface area contributed by atoms with E-state index in [0.29, 0.717) is 23.2 Å². The van der Waals surface area contributed by atoms with Crippen LogP contribution in [0.3, 0.4) is 0 Å². The SMILES string of the molecule is CC(C)Cn1c(SCC(=O)Nc2cccc(F)c2)nnc1C(C)Oc1ccccc1F. The fraction of sp³-hybridized carbons (Fsp3) is 0.318. The molecule has 1 heterocycles. The molecule has 0 spiro atoms. The number of benzene rings is 2. The lowest BCUT2D eigenvalue weighted by atomic mass is 10.2. The van der Waals surface area contributed by atoms with Gasteiger partial charge in [0.15, 0.2) is 28.7 Å². The molecule has 1 unspecified atom stereocenters. The molecule has 31 heavy (non-hydrogen) atoms. The summed E-state index contributed by atoms with van der Waals surface area (Å²) in [4.78, 5) is 12.3. The first kappa shape index (κ1) is 22.7. The van der Waals surface area contributed by atoms with Gasteiger partial charge in [0.25, 0.3) is 0 Å². The number of hydrogen-bond acceptors (Lipinski definition) is 5. The number of rotatable bonds is 9. The molecule has 0 saturated carbocycles. The van der Waals surface area contributed by atoms with E-state index in [9.17, 15) is 13.6 Å². The van der Waals surface area contributed by atoms with E-state index in [2.05, 4.69) is 29.4 Å². The van der Waals surface area contributed by atoms with Crippen molar-refractivity contribution in [1.29, 1.82) is 0 Å². The molecule has 2 aromatic carbocycles. The summed E-state index contributed by atoms with van der Waals surface area (Å²) in [7, 11) is 0. The Morgan fingerprint density at radius 3 is 2.61 bits per heavy atom. The quantitative estimate of drug-likeness (QED) is 0.464. The van der Waals surface area contributed by atoms with Gasteiger partial charge in [0.1, 0.15) is 5.82 Å². The molecule has 6 nitrogen and oxygen atoms in total. The third-order valence-corrected chi connectivity index (χ3v) is 5.20. The summed E-state index contributed by atoms with van der Waals surface area (Å²) in [6.45, 7) is 6.49. The van der Waals surface area contributed by atoms with Gasteiger partial charge in [-0.05, 0) is 43.2 Å². The number of anilines is 1. The van der Waals surface area contributed by atoms with E-state index < -0.39 is 17.7 Å². The van der Waals surface area contributed by atoms with Crippen LogP contribution in [0.1, 0.15) is 32.7 Å². The minimum absolute atomic E-state index is 0.0787. The average Bonchev–Trinajstić information content (AvgIpc) is 3.10. The Bertz CT molecular complexity index is 1040. The number of halogens is 2. The number of nitrogens with one attached hydrogen (secondary N) is 1. The zero-order valence-corrected chi connectivity index (χ0v) is 18.3. The van der Waals surface area contributed by atoms with Crippen LogP contribution in [-0.2, 0) is 11.3 Å². The monoisotopic (exact) mass is 446 g/mol. The number of thioether (sulfide) groups is 1. The van der Waals surface area contributed by atoms with Crippen LogP contribution in [0.15, 0.2) is 53.7 Å². The predicted octanol–water partition coefficient (Wildman–Crippen LogP) is 5.08. The lowest BCUT2D eigenvalue weighted by molar-refractivity contribution is -0.113. The molecule has 0 aliphatic carbocycles. The summed E-state index contributed by atoms with van der Waals surface area (Å²) in [5.41, 5.74) is 0.391. The second-order valence-electron chi connectivity index (χ2n) is 7.38. The van der Waals surface area contributed by atoms with Gasteiger partial charge in [-0.15, -0.1) is 10.2 Å². The molecule has 0 aliphatic heterocycles. The van der Waals surface area contributed by atoms with Gasteiger partial charge >= 0.3 is 0 Å². The van der Waals surface area contributed by atoms with Gasteiger partial charge in [0, 0.05) is 12.2 Å². The number of nitrogens with zero attached hydrogens (tertiary/aromatic N) is 3. The molecule has 9 heteroatoms. The van der Waals surface area contributed by atoms with Crippen molar-refractivity contribution >= 4 is 23.4 Å². The lowest BCUT2D eigenvalue weighted by Crippen LogP contribution is -2.17. The van der Waals surface area contributed by atoms with Crippen molar-refractivity contribution in [2.75, 3.05) is 11.1 Å². The topological polar surface area (TPSA) is 69.0 Å². The summed E-state index contributed by atoms with van der Waals surface area (Å²) in [5, 5.41) is 11.7. The molecule has 164 valence electrons. The number of carbonyl (C=O) groups excluding carboxylic acids is 1. The Kier molecular flexibility index (Phi) is 7.62. The molecule has 3 rings (SSSR count). The van der Waals surface area contributed by atoms with Gasteiger partial charge in [-0.2, -0.15) is 0 Å². The molecule has 1 atom stereocenters. The van der Waals surface area contributed by atoms with Crippen LogP contribution in [0.25, 0.3) is 0 Å². The molecule has 0 saturated heterocycles. The van der Waals surface area contributed by atoms with E-state index in [1.54, 1.807) is 31.2 Å². The minimum Gasteiger partial charge on any atom is -0.480 e. The van der Waals surface area contributed by atoms with Crippen LogP contribution in [0.4, 0.5) is 14.5 Å². The number of amides is 1. The van der Waals surface area contributed by atoms with Crippen molar-refractivity contribution in [2.24, 2.45) is 5.92 Å². The van der Waals surface area contributed by atoms with E-state index in [0.717, 1.165) is 0 Å². The van der Waals surface area contributed by atoms with Gasteiger partial charge in [-0.3, -0.25) is 4.79 Å². The zero-order chi connectivity index (χ0) is 22.4. The van der Waals surface area contributed by atoms with Crippen LogP contribution in [0.2, 0.25) is 0 Å². The van der Waals surface area contributed by atoms with E-state index >= 15 is 0 Å². The van der Waals surface area contributed by atoms with Crippen LogP contribution in [0.5, 0.6) is 5.75 Å². The second-order valence-corrected chi connectivity index (χ2v) is 8.33. The van der Waals surface area contributed by atoms with Gasteiger partial charge in [-0.1, -0.05) is 43.8 Å². The van der Waals surface area contributed by atoms with Crippen molar-refractivity contribution in [3.63, 3.8) is 0 Å². The highest BCUT2D eigenvalue weighted by molar-refractivity contribution is 7.99. The maximum atomic E-state index is 14.0. The van der Waals surface area contributed by atoms with Gasteiger partial charge < -0.3 is 14.6 Å². The van der Waals surface area contributed by atoms with Crippen LogP contribution < -0.4 is 10.1 Å². The maximum absolute atomic E-state index is 14.0. The fourth-order valence-electron chi connectivity index (χ4n) is 2.92. The van der Waals surface area contributed by atoms with Crippen LogP contribution >= 0.6 is 11.8 Å². The van der Waals surface area contributed by atoms with Crippen molar-refractivity contribution in [1.82, 2.24) is 14.8 Å². The number of hydrogen-bond donors (Lipinski definition) is 1. The largest absolute Gasteiger partial charge is 0.480 e. The molecule has 1 aromatic heterocycles. The summed E-state index contributed by atoms with van der Waals surface area (Å²) < 4.78 is 34.9. The highest BCUT2D eigenvalue weighted by Gasteiger charge is 2.22. The lowest BCUT2D eigenvalue weighted by Gasteiger charge is -2.18. The first-order valence-electron chi connectivity index (χ1n) is 9.86. The van der Waals surface area contributed by atoms with Crippen molar-refractivity contribution in [3.05, 3.63) is 66.0 Å². The molecule has 3 aromatic rings. The predicted molar refractivity (Wildman–Crippen MR) is 116 cm³/mol. The molecular formula is C22H24F2N4O2S. The summed E-state index contributed by atoms with van der Waals surface area (Å²) in [5.74, 6) is -0.107. The van der Waals surface area contributed by atoms with Gasteiger partial charge in [0.2, 0.25) is 5.91 Å². The van der Waals surface area contributed by atoms with Crippen molar-refractivity contribution < 1.29 is 18.3 Å². The summed E-state index contributed by atoms with van der Waals surface area (Å²) in [6.07, 6.45) is -0.543. The molecular weight excluding hydrogens is 422 g/mol. The van der Waals surface area contributed by atoms with Gasteiger partial charge in [-0.25, -0.2) is 8.78 Å². The minimum atomic E-state index is -0.543. The molecule has 1 N–H and O–H groups in total. The highest BCUT2D eigenvalue weighted by atomic mass is 32.2. The Balaban J connectivity index is 1.71. The number of ether oxygens (including phenoxy) is 1. The highest BCUT2D eigenvalue weighted by Crippen LogP contribution is 2.27. The first-order chi connectivity index (χ1) is 14.8. The van der Waals surface area contributed by atoms with Crippen LogP contribution in [0, 0.1) is 17.6 Å². The normalized spacial score (nSPS) is 12.1.